The van der Waals surface area contributed by atoms with Crippen molar-refractivity contribution in [3.8, 4) is 0 Å². The molecule has 114 valence electrons. The van der Waals surface area contributed by atoms with Gasteiger partial charge in [-0.1, -0.05) is 19.4 Å². The number of nitrogens with one attached hydrogen (secondary N) is 1. The summed E-state index contributed by atoms with van der Waals surface area (Å²) in [6.45, 7) is 9.55. The van der Waals surface area contributed by atoms with Gasteiger partial charge in [0.1, 0.15) is 5.82 Å². The summed E-state index contributed by atoms with van der Waals surface area (Å²) in [5.41, 5.74) is 2.30. The van der Waals surface area contributed by atoms with Crippen molar-refractivity contribution in [2.24, 2.45) is 7.05 Å². The second-order valence-electron chi connectivity index (χ2n) is 5.37. The van der Waals surface area contributed by atoms with E-state index >= 15 is 0 Å². The van der Waals surface area contributed by atoms with Crippen molar-refractivity contribution in [1.82, 2.24) is 24.6 Å². The van der Waals surface area contributed by atoms with E-state index in [9.17, 15) is 0 Å². The van der Waals surface area contributed by atoms with Crippen molar-refractivity contribution >= 4 is 0 Å². The van der Waals surface area contributed by atoms with Crippen molar-refractivity contribution in [3.63, 3.8) is 0 Å². The molecule has 2 heterocycles. The van der Waals surface area contributed by atoms with Gasteiger partial charge in [0.05, 0.1) is 18.3 Å². The van der Waals surface area contributed by atoms with Gasteiger partial charge in [-0.3, -0.25) is 4.68 Å². The van der Waals surface area contributed by atoms with Crippen LogP contribution in [0.3, 0.4) is 0 Å². The molecule has 0 unspecified atom stereocenters. The topological polar surface area (TPSA) is 47.7 Å². The fourth-order valence-corrected chi connectivity index (χ4v) is 2.52. The first kappa shape index (κ1) is 15.5. The van der Waals surface area contributed by atoms with E-state index in [0.717, 1.165) is 37.4 Å². The first-order valence-corrected chi connectivity index (χ1v) is 7.50. The third-order valence-corrected chi connectivity index (χ3v) is 3.65. The van der Waals surface area contributed by atoms with Crippen LogP contribution in [0.5, 0.6) is 0 Å². The Hall–Kier alpha value is -1.88. The smallest absolute Gasteiger partial charge is 0.125 e. The number of allylic oxidation sites excluding steroid dienone is 1. The van der Waals surface area contributed by atoms with Gasteiger partial charge in [-0.2, -0.15) is 5.10 Å². The fraction of sp³-hybridized carbons (Fsp3) is 0.500. The van der Waals surface area contributed by atoms with Crippen molar-refractivity contribution in [2.75, 3.05) is 0 Å². The van der Waals surface area contributed by atoms with Gasteiger partial charge in [-0.25, -0.2) is 4.98 Å². The van der Waals surface area contributed by atoms with Crippen LogP contribution >= 0.6 is 0 Å². The number of nitrogens with zero attached hydrogens (tertiary/aromatic N) is 4. The van der Waals surface area contributed by atoms with E-state index < -0.39 is 0 Å². The van der Waals surface area contributed by atoms with Gasteiger partial charge in [0.25, 0.3) is 0 Å². The molecule has 5 nitrogen and oxygen atoms in total. The largest absolute Gasteiger partial charge is 0.337 e. The maximum Gasteiger partial charge on any atom is 0.125 e. The van der Waals surface area contributed by atoms with E-state index in [1.165, 1.54) is 5.56 Å². The molecular weight excluding hydrogens is 262 g/mol. The Kier molecular flexibility index (Phi) is 5.33. The Labute approximate surface area is 126 Å². The van der Waals surface area contributed by atoms with Crippen LogP contribution in [0.25, 0.3) is 0 Å². The minimum atomic E-state index is 0.275. The minimum absolute atomic E-state index is 0.275. The molecule has 0 saturated carbocycles. The number of aromatic nitrogens is 4. The molecule has 0 radical (unpaired) electrons. The molecule has 2 aromatic rings. The lowest BCUT2D eigenvalue weighted by Crippen LogP contribution is -2.23. The Bertz CT molecular complexity index is 581. The lowest BCUT2D eigenvalue weighted by Gasteiger charge is -2.17. The second kappa shape index (κ2) is 7.22. The lowest BCUT2D eigenvalue weighted by molar-refractivity contribution is 0.459. The van der Waals surface area contributed by atoms with Crippen LogP contribution < -0.4 is 5.32 Å². The first-order chi connectivity index (χ1) is 10.2. The Morgan fingerprint density at radius 3 is 2.90 bits per heavy atom. The molecule has 0 aliphatic carbocycles. The summed E-state index contributed by atoms with van der Waals surface area (Å²) in [5.74, 6) is 1.09. The number of imidazole rings is 1. The molecule has 0 amide bonds. The van der Waals surface area contributed by atoms with E-state index in [2.05, 4.69) is 39.7 Å². The SMILES string of the molecule is C=CCn1cc(CN[C@@H](CCC)c2nccn2C)c(C)n1. The van der Waals surface area contributed by atoms with E-state index in [1.807, 2.05) is 37.1 Å². The molecule has 2 aromatic heterocycles. The predicted molar refractivity (Wildman–Crippen MR) is 84.9 cm³/mol. The summed E-state index contributed by atoms with van der Waals surface area (Å²) < 4.78 is 4.01. The van der Waals surface area contributed by atoms with Crippen LogP contribution in [0.4, 0.5) is 0 Å². The molecule has 0 aliphatic rings. The van der Waals surface area contributed by atoms with Crippen LogP contribution in [0, 0.1) is 6.92 Å². The van der Waals surface area contributed by atoms with Gasteiger partial charge < -0.3 is 9.88 Å². The van der Waals surface area contributed by atoms with E-state index in [-0.39, 0.29) is 6.04 Å². The molecule has 0 aliphatic heterocycles. The van der Waals surface area contributed by atoms with Gasteiger partial charge in [0.15, 0.2) is 0 Å². The van der Waals surface area contributed by atoms with Gasteiger partial charge in [-0.15, -0.1) is 6.58 Å². The summed E-state index contributed by atoms with van der Waals surface area (Å²) in [4.78, 5) is 4.47. The molecule has 1 atom stereocenters. The minimum Gasteiger partial charge on any atom is -0.337 e. The lowest BCUT2D eigenvalue weighted by atomic mass is 10.1. The molecule has 0 fully saturated rings. The highest BCUT2D eigenvalue weighted by Crippen LogP contribution is 2.17. The average Bonchev–Trinajstić information content (AvgIpc) is 3.02. The quantitative estimate of drug-likeness (QED) is 0.759. The number of rotatable bonds is 8. The molecule has 21 heavy (non-hydrogen) atoms. The monoisotopic (exact) mass is 287 g/mol. The molecule has 0 bridgehead atoms. The van der Waals surface area contributed by atoms with Crippen molar-refractivity contribution in [3.05, 3.63) is 48.3 Å². The first-order valence-electron chi connectivity index (χ1n) is 7.50. The van der Waals surface area contributed by atoms with Crippen LogP contribution in [0.1, 0.15) is 42.9 Å². The van der Waals surface area contributed by atoms with Crippen molar-refractivity contribution in [1.29, 1.82) is 0 Å². The number of hydrogen-bond donors (Lipinski definition) is 1. The standard InChI is InChI=1S/C16H25N5/c1-5-7-15(16-17-8-10-20(16)4)18-11-14-12-21(9-6-2)19-13(14)3/h6,8,10,12,15,18H,2,5,7,9,11H2,1,3-4H3/t15-/m0/s1. The highest BCUT2D eigenvalue weighted by atomic mass is 15.3. The average molecular weight is 287 g/mol. The zero-order valence-electron chi connectivity index (χ0n) is 13.2. The van der Waals surface area contributed by atoms with Crippen LogP contribution in [-0.4, -0.2) is 19.3 Å². The second-order valence-corrected chi connectivity index (χ2v) is 5.37. The highest BCUT2D eigenvalue weighted by molar-refractivity contribution is 5.16. The molecule has 5 heteroatoms. The third-order valence-electron chi connectivity index (χ3n) is 3.65. The Morgan fingerprint density at radius 2 is 2.29 bits per heavy atom. The maximum atomic E-state index is 4.49. The summed E-state index contributed by atoms with van der Waals surface area (Å²) >= 11 is 0. The van der Waals surface area contributed by atoms with E-state index in [0.29, 0.717) is 0 Å². The summed E-state index contributed by atoms with van der Waals surface area (Å²) in [6.07, 6.45) is 9.99. The zero-order valence-corrected chi connectivity index (χ0v) is 13.2. The van der Waals surface area contributed by atoms with Crippen LogP contribution in [0.15, 0.2) is 31.2 Å². The zero-order chi connectivity index (χ0) is 15.2. The summed E-state index contributed by atoms with van der Waals surface area (Å²) in [7, 11) is 2.04. The van der Waals surface area contributed by atoms with Gasteiger partial charge >= 0.3 is 0 Å². The molecular formula is C16H25N5. The molecule has 1 N–H and O–H groups in total. The van der Waals surface area contributed by atoms with Crippen molar-refractivity contribution < 1.29 is 0 Å². The third kappa shape index (κ3) is 3.82. The summed E-state index contributed by atoms with van der Waals surface area (Å²) in [5, 5.41) is 8.10. The summed E-state index contributed by atoms with van der Waals surface area (Å²) in [6, 6.07) is 0.275. The number of aryl methyl sites for hydroxylation is 2. The molecule has 0 spiro atoms. The van der Waals surface area contributed by atoms with Gasteiger partial charge in [0.2, 0.25) is 0 Å². The van der Waals surface area contributed by atoms with E-state index in [4.69, 9.17) is 0 Å². The fourth-order valence-electron chi connectivity index (χ4n) is 2.52. The van der Waals surface area contributed by atoms with Crippen LogP contribution in [-0.2, 0) is 20.1 Å². The Morgan fingerprint density at radius 1 is 1.48 bits per heavy atom. The molecule has 2 rings (SSSR count). The number of hydrogen-bond acceptors (Lipinski definition) is 3. The predicted octanol–water partition coefficient (Wildman–Crippen LogP) is 2.74. The van der Waals surface area contributed by atoms with E-state index in [1.54, 1.807) is 0 Å². The van der Waals surface area contributed by atoms with Crippen molar-refractivity contribution in [2.45, 2.75) is 45.8 Å². The molecule has 0 saturated heterocycles. The van der Waals surface area contributed by atoms with Gasteiger partial charge in [-0.05, 0) is 13.3 Å². The molecule has 0 aromatic carbocycles. The highest BCUT2D eigenvalue weighted by Gasteiger charge is 2.15. The van der Waals surface area contributed by atoms with Gasteiger partial charge in [0, 0.05) is 37.7 Å². The maximum absolute atomic E-state index is 4.49. The normalized spacial score (nSPS) is 12.5. The van der Waals surface area contributed by atoms with Crippen LogP contribution in [0.2, 0.25) is 0 Å². The Balaban J connectivity index is 2.05.